The van der Waals surface area contributed by atoms with Gasteiger partial charge in [-0.1, -0.05) is 0 Å². The molecule has 0 radical (unpaired) electrons. The van der Waals surface area contributed by atoms with Gasteiger partial charge < -0.3 is 14.4 Å². The molecule has 1 aliphatic rings. The third-order valence-electron chi connectivity index (χ3n) is 2.87. The van der Waals surface area contributed by atoms with Crippen molar-refractivity contribution in [1.82, 2.24) is 14.9 Å². The van der Waals surface area contributed by atoms with Crippen LogP contribution in [0.1, 0.15) is 12.8 Å². The van der Waals surface area contributed by atoms with Gasteiger partial charge in [0.15, 0.2) is 5.82 Å². The molecule has 0 saturated carbocycles. The first-order chi connectivity index (χ1) is 9.19. The number of hydrogen-bond acceptors (Lipinski definition) is 5. The highest BCUT2D eigenvalue weighted by molar-refractivity contribution is 5.77. The molecule has 0 N–H and O–H groups in total. The number of methoxy groups -OCH3 is 1. The second-order valence-corrected chi connectivity index (χ2v) is 4.34. The fourth-order valence-electron chi connectivity index (χ4n) is 1.99. The maximum absolute atomic E-state index is 12.7. The molecule has 104 valence electrons. The largest absolute Gasteiger partial charge is 0.458 e. The number of hydrogen-bond donors (Lipinski definition) is 0. The Morgan fingerprint density at radius 1 is 1.53 bits per heavy atom. The molecule has 6 nitrogen and oxygen atoms in total. The number of carbonyl (C=O) groups excluding carboxylic acids is 1. The fourth-order valence-corrected chi connectivity index (χ4v) is 1.99. The van der Waals surface area contributed by atoms with E-state index in [0.717, 1.165) is 25.2 Å². The molecule has 2 heterocycles. The van der Waals surface area contributed by atoms with E-state index in [9.17, 15) is 9.18 Å². The Bertz CT molecular complexity index is 427. The van der Waals surface area contributed by atoms with Gasteiger partial charge in [-0.2, -0.15) is 0 Å². The van der Waals surface area contributed by atoms with E-state index in [0.29, 0.717) is 13.1 Å². The number of likely N-dealkylation sites (tertiary alicyclic amines) is 1. The van der Waals surface area contributed by atoms with Gasteiger partial charge in [0.25, 0.3) is 0 Å². The van der Waals surface area contributed by atoms with Crippen LogP contribution in [0.3, 0.4) is 0 Å². The molecule has 0 aliphatic carbocycles. The summed E-state index contributed by atoms with van der Waals surface area (Å²) in [6, 6.07) is 0.132. The zero-order chi connectivity index (χ0) is 13.7. The smallest absolute Gasteiger partial charge is 0.316 e. The van der Waals surface area contributed by atoms with Crippen LogP contribution in [-0.4, -0.2) is 53.7 Å². The number of nitrogens with zero attached hydrogens (tertiary/aromatic N) is 3. The van der Waals surface area contributed by atoms with E-state index in [2.05, 4.69) is 9.97 Å². The number of piperidine rings is 1. The molecular weight excluding hydrogens is 253 g/mol. The average Bonchev–Trinajstić information content (AvgIpc) is 2.42. The van der Waals surface area contributed by atoms with Gasteiger partial charge in [0.05, 0.1) is 18.9 Å². The minimum Gasteiger partial charge on any atom is -0.458 e. The SMILES string of the molecule is COCC(=O)N1CCC[C@@H](Oc2ncc(F)cn2)C1. The molecule has 0 aromatic carbocycles. The van der Waals surface area contributed by atoms with Gasteiger partial charge in [-0.15, -0.1) is 0 Å². The van der Waals surface area contributed by atoms with Crippen molar-refractivity contribution in [1.29, 1.82) is 0 Å². The number of amides is 1. The summed E-state index contributed by atoms with van der Waals surface area (Å²) in [5.41, 5.74) is 0. The molecule has 7 heteroatoms. The first kappa shape index (κ1) is 13.7. The van der Waals surface area contributed by atoms with Crippen molar-refractivity contribution in [2.24, 2.45) is 0 Å². The molecule has 1 aromatic rings. The zero-order valence-electron chi connectivity index (χ0n) is 10.7. The number of halogens is 1. The van der Waals surface area contributed by atoms with Gasteiger partial charge in [0, 0.05) is 13.7 Å². The van der Waals surface area contributed by atoms with Crippen molar-refractivity contribution in [2.45, 2.75) is 18.9 Å². The van der Waals surface area contributed by atoms with Crippen LogP contribution in [0.15, 0.2) is 12.4 Å². The molecule has 1 amide bonds. The summed E-state index contributed by atoms with van der Waals surface area (Å²) in [7, 11) is 1.49. The van der Waals surface area contributed by atoms with Crippen LogP contribution in [0.5, 0.6) is 6.01 Å². The quantitative estimate of drug-likeness (QED) is 0.802. The van der Waals surface area contributed by atoms with E-state index >= 15 is 0 Å². The van der Waals surface area contributed by atoms with Gasteiger partial charge >= 0.3 is 6.01 Å². The number of aromatic nitrogens is 2. The summed E-state index contributed by atoms with van der Waals surface area (Å²) >= 11 is 0. The lowest BCUT2D eigenvalue weighted by atomic mass is 10.1. The standard InChI is InChI=1S/C12H16FN3O3/c1-18-8-11(17)16-4-2-3-10(7-16)19-12-14-5-9(13)6-15-12/h5-6,10H,2-4,7-8H2,1H3/t10-/m1/s1. The molecule has 0 spiro atoms. The van der Waals surface area contributed by atoms with E-state index < -0.39 is 5.82 Å². The normalized spacial score (nSPS) is 19.3. The van der Waals surface area contributed by atoms with Crippen LogP contribution in [-0.2, 0) is 9.53 Å². The maximum Gasteiger partial charge on any atom is 0.316 e. The van der Waals surface area contributed by atoms with E-state index in [1.165, 1.54) is 7.11 Å². The predicted octanol–water partition coefficient (Wildman–Crippen LogP) is 0.632. The predicted molar refractivity (Wildman–Crippen MR) is 64.1 cm³/mol. The van der Waals surface area contributed by atoms with Crippen molar-refractivity contribution in [3.8, 4) is 6.01 Å². The third-order valence-corrected chi connectivity index (χ3v) is 2.87. The van der Waals surface area contributed by atoms with Crippen LogP contribution < -0.4 is 4.74 Å². The molecule has 1 atom stereocenters. The molecule has 0 bridgehead atoms. The Labute approximate surface area is 110 Å². The van der Waals surface area contributed by atoms with Crippen LogP contribution in [0.4, 0.5) is 4.39 Å². The topological polar surface area (TPSA) is 64.5 Å². The van der Waals surface area contributed by atoms with Crippen LogP contribution >= 0.6 is 0 Å². The summed E-state index contributed by atoms with van der Waals surface area (Å²) in [6.07, 6.45) is 3.61. The van der Waals surface area contributed by atoms with E-state index in [1.54, 1.807) is 4.90 Å². The molecule has 1 aliphatic heterocycles. The van der Waals surface area contributed by atoms with Crippen LogP contribution in [0, 0.1) is 5.82 Å². The second-order valence-electron chi connectivity index (χ2n) is 4.34. The zero-order valence-corrected chi connectivity index (χ0v) is 10.7. The van der Waals surface area contributed by atoms with Crippen molar-refractivity contribution in [3.05, 3.63) is 18.2 Å². The van der Waals surface area contributed by atoms with Crippen LogP contribution in [0.25, 0.3) is 0 Å². The van der Waals surface area contributed by atoms with Crippen molar-refractivity contribution < 1.29 is 18.7 Å². The number of carbonyl (C=O) groups is 1. The molecule has 2 rings (SSSR count). The molecule has 1 saturated heterocycles. The summed E-state index contributed by atoms with van der Waals surface area (Å²) < 4.78 is 23.0. The van der Waals surface area contributed by atoms with Gasteiger partial charge in [-0.25, -0.2) is 14.4 Å². The van der Waals surface area contributed by atoms with Gasteiger partial charge in [0.1, 0.15) is 12.7 Å². The monoisotopic (exact) mass is 269 g/mol. The minimum absolute atomic E-state index is 0.0594. The molecule has 0 unspecified atom stereocenters. The van der Waals surface area contributed by atoms with E-state index in [-0.39, 0.29) is 24.6 Å². The molecule has 19 heavy (non-hydrogen) atoms. The summed E-state index contributed by atoms with van der Waals surface area (Å²) in [4.78, 5) is 20.9. The van der Waals surface area contributed by atoms with Gasteiger partial charge in [0.2, 0.25) is 5.91 Å². The van der Waals surface area contributed by atoms with E-state index in [1.807, 2.05) is 0 Å². The van der Waals surface area contributed by atoms with Crippen molar-refractivity contribution in [3.63, 3.8) is 0 Å². The van der Waals surface area contributed by atoms with E-state index in [4.69, 9.17) is 9.47 Å². The first-order valence-corrected chi connectivity index (χ1v) is 6.10. The summed E-state index contributed by atoms with van der Waals surface area (Å²) in [5.74, 6) is -0.566. The Balaban J connectivity index is 1.90. The number of ether oxygens (including phenoxy) is 2. The lowest BCUT2D eigenvalue weighted by Crippen LogP contribution is -2.45. The van der Waals surface area contributed by atoms with Gasteiger partial charge in [-0.05, 0) is 12.8 Å². The highest BCUT2D eigenvalue weighted by Gasteiger charge is 2.25. The van der Waals surface area contributed by atoms with Crippen LogP contribution in [0.2, 0.25) is 0 Å². The number of rotatable bonds is 4. The summed E-state index contributed by atoms with van der Waals surface area (Å²) in [6.45, 7) is 1.25. The molecular formula is C12H16FN3O3. The Morgan fingerprint density at radius 3 is 2.95 bits per heavy atom. The minimum atomic E-state index is -0.507. The van der Waals surface area contributed by atoms with Gasteiger partial charge in [-0.3, -0.25) is 4.79 Å². The Morgan fingerprint density at radius 2 is 2.26 bits per heavy atom. The highest BCUT2D eigenvalue weighted by Crippen LogP contribution is 2.15. The highest BCUT2D eigenvalue weighted by atomic mass is 19.1. The third kappa shape index (κ3) is 3.85. The lowest BCUT2D eigenvalue weighted by molar-refractivity contribution is -0.137. The molecule has 1 aromatic heterocycles. The maximum atomic E-state index is 12.7. The average molecular weight is 269 g/mol. The summed E-state index contributed by atoms with van der Waals surface area (Å²) in [5, 5.41) is 0. The second kappa shape index (κ2) is 6.42. The fraction of sp³-hybridized carbons (Fsp3) is 0.583. The Hall–Kier alpha value is -1.76. The van der Waals surface area contributed by atoms with Crippen molar-refractivity contribution >= 4 is 5.91 Å². The first-order valence-electron chi connectivity index (χ1n) is 6.10. The van der Waals surface area contributed by atoms with Crippen molar-refractivity contribution in [2.75, 3.05) is 26.8 Å². The molecule has 1 fully saturated rings. The Kier molecular flexibility index (Phi) is 4.62. The lowest BCUT2D eigenvalue weighted by Gasteiger charge is -2.32.